The van der Waals surface area contributed by atoms with E-state index in [1.54, 1.807) is 11.3 Å². The fourth-order valence-corrected chi connectivity index (χ4v) is 4.08. The van der Waals surface area contributed by atoms with Gasteiger partial charge in [-0.1, -0.05) is 0 Å². The molecule has 0 bridgehead atoms. The van der Waals surface area contributed by atoms with Gasteiger partial charge in [0.1, 0.15) is 0 Å². The molecule has 1 aromatic rings. The minimum Gasteiger partial charge on any atom is -0.481 e. The summed E-state index contributed by atoms with van der Waals surface area (Å²) in [5.74, 6) is -0.235. The van der Waals surface area contributed by atoms with Crippen molar-refractivity contribution in [3.63, 3.8) is 0 Å². The Kier molecular flexibility index (Phi) is 3.97. The summed E-state index contributed by atoms with van der Waals surface area (Å²) < 4.78 is 0. The van der Waals surface area contributed by atoms with Crippen LogP contribution in [0.25, 0.3) is 0 Å². The number of thiazole rings is 1. The summed E-state index contributed by atoms with van der Waals surface area (Å²) >= 11 is 1.64. The van der Waals surface area contributed by atoms with Gasteiger partial charge >= 0.3 is 5.97 Å². The minimum atomic E-state index is -0.696. The Morgan fingerprint density at radius 3 is 2.95 bits per heavy atom. The number of carbonyl (C=O) groups excluding carboxylic acids is 1. The summed E-state index contributed by atoms with van der Waals surface area (Å²) in [6, 6.07) is 0. The maximum Gasteiger partial charge on any atom is 0.307 e. The Bertz CT molecular complexity index is 557. The van der Waals surface area contributed by atoms with Gasteiger partial charge in [0.2, 0.25) is 5.91 Å². The van der Waals surface area contributed by atoms with Crippen molar-refractivity contribution < 1.29 is 14.7 Å². The predicted molar refractivity (Wildman–Crippen MR) is 79.1 cm³/mol. The van der Waals surface area contributed by atoms with Gasteiger partial charge in [-0.3, -0.25) is 9.59 Å². The van der Waals surface area contributed by atoms with Crippen LogP contribution in [0.2, 0.25) is 0 Å². The molecule has 1 saturated carbocycles. The van der Waals surface area contributed by atoms with Crippen molar-refractivity contribution in [3.05, 3.63) is 16.1 Å². The van der Waals surface area contributed by atoms with E-state index >= 15 is 0 Å². The molecule has 1 aliphatic carbocycles. The summed E-state index contributed by atoms with van der Waals surface area (Å²) in [6.45, 7) is 3.34. The topological polar surface area (TPSA) is 70.5 Å². The van der Waals surface area contributed by atoms with E-state index in [9.17, 15) is 9.59 Å². The molecule has 3 atom stereocenters. The van der Waals surface area contributed by atoms with Crippen LogP contribution < -0.4 is 0 Å². The zero-order chi connectivity index (χ0) is 15.0. The maximum atomic E-state index is 12.2. The average Bonchev–Trinajstić information content (AvgIpc) is 3.04. The van der Waals surface area contributed by atoms with Crippen LogP contribution in [0.3, 0.4) is 0 Å². The Balaban J connectivity index is 1.43. The Morgan fingerprint density at radius 2 is 2.29 bits per heavy atom. The maximum absolute atomic E-state index is 12.2. The van der Waals surface area contributed by atoms with Crippen LogP contribution in [-0.4, -0.2) is 40.0 Å². The number of carboxylic acids is 1. The lowest BCUT2D eigenvalue weighted by Gasteiger charge is -2.26. The number of carboxylic acid groups (broad SMARTS) is 1. The molecule has 0 unspecified atom stereocenters. The molecule has 1 aromatic heterocycles. The molecule has 1 aliphatic heterocycles. The number of aliphatic carboxylic acids is 1. The van der Waals surface area contributed by atoms with Crippen LogP contribution in [-0.2, 0) is 16.0 Å². The van der Waals surface area contributed by atoms with Gasteiger partial charge in [-0.25, -0.2) is 4.98 Å². The molecule has 2 fully saturated rings. The lowest BCUT2D eigenvalue weighted by molar-refractivity contribution is -0.139. The number of nitrogens with zero attached hydrogens (tertiary/aromatic N) is 2. The van der Waals surface area contributed by atoms with E-state index in [0.29, 0.717) is 18.9 Å². The highest BCUT2D eigenvalue weighted by Gasteiger charge is 2.57. The summed E-state index contributed by atoms with van der Waals surface area (Å²) in [4.78, 5) is 29.5. The molecule has 2 heterocycles. The number of hydrogen-bond donors (Lipinski definition) is 1. The highest BCUT2D eigenvalue weighted by Crippen LogP contribution is 2.51. The van der Waals surface area contributed by atoms with Crippen molar-refractivity contribution >= 4 is 23.2 Å². The number of piperidine rings is 1. The highest BCUT2D eigenvalue weighted by atomic mass is 32.1. The molecule has 6 heteroatoms. The smallest absolute Gasteiger partial charge is 0.307 e. The fraction of sp³-hybridized carbons (Fsp3) is 0.667. The van der Waals surface area contributed by atoms with Crippen molar-refractivity contribution in [2.45, 2.75) is 32.6 Å². The van der Waals surface area contributed by atoms with Crippen LogP contribution in [0.5, 0.6) is 0 Å². The molecule has 1 N–H and O–H groups in total. The number of fused-ring (bicyclic) bond motifs is 1. The van der Waals surface area contributed by atoms with E-state index in [1.165, 1.54) is 0 Å². The average molecular weight is 308 g/mol. The van der Waals surface area contributed by atoms with Crippen molar-refractivity contribution in [3.8, 4) is 0 Å². The normalized spacial score (nSPS) is 27.3. The first-order valence-corrected chi connectivity index (χ1v) is 8.36. The predicted octanol–water partition coefficient (Wildman–Crippen LogP) is 1.95. The van der Waals surface area contributed by atoms with E-state index in [-0.39, 0.29) is 17.7 Å². The second-order valence-corrected chi connectivity index (χ2v) is 7.09. The standard InChI is InChI=1S/C15H20N2O3S/c1-9-16-10(8-21-9)3-2-4-13(18)17-6-5-11-12(7-17)14(11)15(19)20/h8,11-12,14H,2-7H2,1H3,(H,19,20)/t11-,12+,14-/m0/s1. The van der Waals surface area contributed by atoms with E-state index in [2.05, 4.69) is 4.98 Å². The molecule has 2 aliphatic rings. The van der Waals surface area contributed by atoms with E-state index in [4.69, 9.17) is 5.11 Å². The summed E-state index contributed by atoms with van der Waals surface area (Å²) in [7, 11) is 0. The Morgan fingerprint density at radius 1 is 1.48 bits per heavy atom. The summed E-state index contributed by atoms with van der Waals surface area (Å²) in [5, 5.41) is 12.2. The number of likely N-dealkylation sites (tertiary alicyclic amines) is 1. The molecule has 3 rings (SSSR count). The lowest BCUT2D eigenvalue weighted by Crippen LogP contribution is -2.36. The fourth-order valence-electron chi connectivity index (χ4n) is 3.43. The molecular weight excluding hydrogens is 288 g/mol. The van der Waals surface area contributed by atoms with Gasteiger partial charge in [0.25, 0.3) is 0 Å². The first kappa shape index (κ1) is 14.5. The number of aromatic nitrogens is 1. The van der Waals surface area contributed by atoms with Crippen LogP contribution in [0, 0.1) is 24.7 Å². The van der Waals surface area contributed by atoms with Crippen molar-refractivity contribution in [1.82, 2.24) is 9.88 Å². The third kappa shape index (κ3) is 3.10. The van der Waals surface area contributed by atoms with Gasteiger partial charge < -0.3 is 10.0 Å². The number of hydrogen-bond acceptors (Lipinski definition) is 4. The second kappa shape index (κ2) is 5.75. The first-order valence-electron chi connectivity index (χ1n) is 7.48. The number of amides is 1. The van der Waals surface area contributed by atoms with Gasteiger partial charge in [-0.15, -0.1) is 11.3 Å². The van der Waals surface area contributed by atoms with Gasteiger partial charge in [-0.2, -0.15) is 0 Å². The molecule has 5 nitrogen and oxygen atoms in total. The molecule has 0 spiro atoms. The molecule has 0 aromatic carbocycles. The van der Waals surface area contributed by atoms with Crippen molar-refractivity contribution in [1.29, 1.82) is 0 Å². The van der Waals surface area contributed by atoms with Gasteiger partial charge in [0.05, 0.1) is 16.6 Å². The molecular formula is C15H20N2O3S. The zero-order valence-corrected chi connectivity index (χ0v) is 12.9. The van der Waals surface area contributed by atoms with Gasteiger partial charge in [0, 0.05) is 24.9 Å². The highest BCUT2D eigenvalue weighted by molar-refractivity contribution is 7.09. The van der Waals surface area contributed by atoms with Crippen LogP contribution >= 0.6 is 11.3 Å². The van der Waals surface area contributed by atoms with E-state index in [0.717, 1.165) is 36.5 Å². The quantitative estimate of drug-likeness (QED) is 0.902. The lowest BCUT2D eigenvalue weighted by atomic mass is 10.1. The molecule has 1 amide bonds. The zero-order valence-electron chi connectivity index (χ0n) is 12.1. The van der Waals surface area contributed by atoms with Crippen molar-refractivity contribution in [2.24, 2.45) is 17.8 Å². The largest absolute Gasteiger partial charge is 0.481 e. The number of rotatable bonds is 5. The molecule has 21 heavy (non-hydrogen) atoms. The van der Waals surface area contributed by atoms with Gasteiger partial charge in [0.15, 0.2) is 0 Å². The minimum absolute atomic E-state index is 0.163. The third-order valence-electron chi connectivity index (χ3n) is 4.62. The number of carbonyl (C=O) groups is 2. The monoisotopic (exact) mass is 308 g/mol. The van der Waals surface area contributed by atoms with E-state index in [1.807, 2.05) is 17.2 Å². The molecule has 1 saturated heterocycles. The summed E-state index contributed by atoms with van der Waals surface area (Å²) in [6.07, 6.45) is 3.03. The SMILES string of the molecule is Cc1nc(CCCC(=O)N2CC[C@H]3[C@@H](C2)[C@H]3C(=O)O)cs1. The Hall–Kier alpha value is -1.43. The second-order valence-electron chi connectivity index (χ2n) is 6.03. The molecule has 114 valence electrons. The van der Waals surface area contributed by atoms with Crippen LogP contribution in [0.4, 0.5) is 0 Å². The molecule has 0 radical (unpaired) electrons. The third-order valence-corrected chi connectivity index (χ3v) is 5.45. The van der Waals surface area contributed by atoms with Crippen molar-refractivity contribution in [2.75, 3.05) is 13.1 Å². The van der Waals surface area contributed by atoms with Gasteiger partial charge in [-0.05, 0) is 38.0 Å². The van der Waals surface area contributed by atoms with Crippen LogP contribution in [0.15, 0.2) is 5.38 Å². The number of aryl methyl sites for hydroxylation is 2. The summed E-state index contributed by atoms with van der Waals surface area (Å²) in [5.41, 5.74) is 1.07. The van der Waals surface area contributed by atoms with Crippen LogP contribution in [0.1, 0.15) is 30.0 Å². The van der Waals surface area contributed by atoms with E-state index < -0.39 is 5.97 Å². The first-order chi connectivity index (χ1) is 10.1. The Labute approximate surface area is 128 Å².